The molecule has 0 saturated heterocycles. The summed E-state index contributed by atoms with van der Waals surface area (Å²) >= 11 is 0. The Morgan fingerprint density at radius 3 is 2.71 bits per heavy atom. The van der Waals surface area contributed by atoms with Gasteiger partial charge in [0, 0.05) is 0 Å². The molecule has 1 heterocycles. The molecule has 0 bridgehead atoms. The first-order valence-electron chi connectivity index (χ1n) is 7.37. The highest BCUT2D eigenvalue weighted by atomic mass is 19.1. The maximum absolute atomic E-state index is 12.8. The molecule has 0 radical (unpaired) electrons. The zero-order valence-electron chi connectivity index (χ0n) is 12.7. The normalized spacial score (nSPS) is 14.2. The van der Waals surface area contributed by atoms with Crippen LogP contribution >= 0.6 is 0 Å². The van der Waals surface area contributed by atoms with Gasteiger partial charge in [0.05, 0.1) is 0 Å². The van der Waals surface area contributed by atoms with Gasteiger partial charge in [-0.1, -0.05) is 6.07 Å². The highest BCUT2D eigenvalue weighted by Crippen LogP contribution is 2.36. The first kappa shape index (κ1) is 16.1. The molecule has 6 nitrogen and oxygen atoms in total. The third kappa shape index (κ3) is 3.94. The molecule has 3 rings (SSSR count). The van der Waals surface area contributed by atoms with Gasteiger partial charge in [-0.25, -0.2) is 4.39 Å². The Bertz CT molecular complexity index is 719. The lowest BCUT2D eigenvalue weighted by molar-refractivity contribution is -0.118. The quantitative estimate of drug-likeness (QED) is 0.845. The second-order valence-corrected chi connectivity index (χ2v) is 5.20. The monoisotopic (exact) mass is 333 g/mol. The average molecular weight is 333 g/mol. The van der Waals surface area contributed by atoms with Gasteiger partial charge in [-0.2, -0.15) is 0 Å². The van der Waals surface area contributed by atoms with E-state index in [-0.39, 0.29) is 31.5 Å². The molecule has 0 spiro atoms. The van der Waals surface area contributed by atoms with E-state index in [4.69, 9.17) is 14.2 Å². The molecule has 0 aliphatic carbocycles. The van der Waals surface area contributed by atoms with Crippen LogP contribution in [0.4, 0.5) is 10.1 Å². The molecule has 126 valence electrons. The maximum Gasteiger partial charge on any atom is 0.262 e. The van der Waals surface area contributed by atoms with Crippen LogP contribution < -0.4 is 19.5 Å². The minimum Gasteiger partial charge on any atom is -0.491 e. The summed E-state index contributed by atoms with van der Waals surface area (Å²) in [7, 11) is 0. The fourth-order valence-corrected chi connectivity index (χ4v) is 2.15. The van der Waals surface area contributed by atoms with Gasteiger partial charge in [-0.3, -0.25) is 4.79 Å². The lowest BCUT2D eigenvalue weighted by atomic mass is 10.2. The number of carbonyl (C=O) groups excluding carboxylic acids is 1. The Morgan fingerprint density at radius 2 is 1.92 bits per heavy atom. The fraction of sp³-hybridized carbons (Fsp3) is 0.235. The molecule has 7 heteroatoms. The Balaban J connectivity index is 1.54. The molecule has 1 aliphatic rings. The number of nitrogens with one attached hydrogen (secondary N) is 1. The summed E-state index contributed by atoms with van der Waals surface area (Å²) < 4.78 is 29.0. The zero-order valence-corrected chi connectivity index (χ0v) is 12.7. The molecule has 1 aliphatic heterocycles. The SMILES string of the molecule is O=C1COc2cccc(OCC(O)COc3ccc(F)cc3)c2N1. The Hall–Kier alpha value is -2.80. The Morgan fingerprint density at radius 1 is 1.17 bits per heavy atom. The van der Waals surface area contributed by atoms with Gasteiger partial charge in [0.1, 0.15) is 48.1 Å². The summed E-state index contributed by atoms with van der Waals surface area (Å²) in [6.45, 7) is -0.0817. The summed E-state index contributed by atoms with van der Waals surface area (Å²) in [5.74, 6) is 0.752. The van der Waals surface area contributed by atoms with E-state index in [1.165, 1.54) is 24.3 Å². The highest BCUT2D eigenvalue weighted by Gasteiger charge is 2.20. The van der Waals surface area contributed by atoms with Crippen LogP contribution in [0.3, 0.4) is 0 Å². The van der Waals surface area contributed by atoms with Crippen molar-refractivity contribution in [2.45, 2.75) is 6.10 Å². The van der Waals surface area contributed by atoms with Gasteiger partial charge in [-0.05, 0) is 36.4 Å². The van der Waals surface area contributed by atoms with Gasteiger partial charge < -0.3 is 24.6 Å². The molecule has 2 aromatic rings. The van der Waals surface area contributed by atoms with E-state index in [0.29, 0.717) is 22.9 Å². The second kappa shape index (κ2) is 7.18. The van der Waals surface area contributed by atoms with Crippen LogP contribution in [0.5, 0.6) is 17.2 Å². The molecule has 1 atom stereocenters. The minimum absolute atomic E-state index is 0.0104. The van der Waals surface area contributed by atoms with Crippen molar-refractivity contribution >= 4 is 11.6 Å². The van der Waals surface area contributed by atoms with Crippen molar-refractivity contribution in [2.24, 2.45) is 0 Å². The zero-order chi connectivity index (χ0) is 16.9. The summed E-state index contributed by atoms with van der Waals surface area (Å²) in [5.41, 5.74) is 0.445. The summed E-state index contributed by atoms with van der Waals surface area (Å²) in [5, 5.41) is 12.6. The number of aliphatic hydroxyl groups excluding tert-OH is 1. The largest absolute Gasteiger partial charge is 0.491 e. The fourth-order valence-electron chi connectivity index (χ4n) is 2.15. The van der Waals surface area contributed by atoms with Crippen LogP contribution in [0.25, 0.3) is 0 Å². The number of aliphatic hydroxyl groups is 1. The smallest absolute Gasteiger partial charge is 0.262 e. The number of hydrogen-bond donors (Lipinski definition) is 2. The van der Waals surface area contributed by atoms with E-state index in [1.54, 1.807) is 18.2 Å². The van der Waals surface area contributed by atoms with E-state index < -0.39 is 6.10 Å². The van der Waals surface area contributed by atoms with Crippen molar-refractivity contribution in [2.75, 3.05) is 25.1 Å². The van der Waals surface area contributed by atoms with Crippen LogP contribution in [0.2, 0.25) is 0 Å². The minimum atomic E-state index is -0.897. The maximum atomic E-state index is 12.8. The van der Waals surface area contributed by atoms with E-state index in [1.807, 2.05) is 0 Å². The molecular weight excluding hydrogens is 317 g/mol. The number of carbonyl (C=O) groups is 1. The topological polar surface area (TPSA) is 77.0 Å². The number of para-hydroxylation sites is 1. The van der Waals surface area contributed by atoms with Crippen LogP contribution in [0, 0.1) is 5.82 Å². The van der Waals surface area contributed by atoms with Gasteiger partial charge in [0.25, 0.3) is 5.91 Å². The van der Waals surface area contributed by atoms with E-state index in [9.17, 15) is 14.3 Å². The van der Waals surface area contributed by atoms with Crippen molar-refractivity contribution in [3.63, 3.8) is 0 Å². The number of hydrogen-bond acceptors (Lipinski definition) is 5. The second-order valence-electron chi connectivity index (χ2n) is 5.20. The van der Waals surface area contributed by atoms with Crippen molar-refractivity contribution < 1.29 is 28.5 Å². The lowest BCUT2D eigenvalue weighted by Gasteiger charge is -2.21. The van der Waals surface area contributed by atoms with Crippen molar-refractivity contribution in [3.8, 4) is 17.2 Å². The van der Waals surface area contributed by atoms with Crippen molar-refractivity contribution in [1.29, 1.82) is 0 Å². The van der Waals surface area contributed by atoms with E-state index >= 15 is 0 Å². The summed E-state index contributed by atoms with van der Waals surface area (Å²) in [6, 6.07) is 10.6. The predicted octanol–water partition coefficient (Wildman–Crippen LogP) is 1.98. The number of ether oxygens (including phenoxy) is 3. The molecule has 1 unspecified atom stereocenters. The molecule has 0 fully saturated rings. The number of benzene rings is 2. The average Bonchev–Trinajstić information content (AvgIpc) is 2.59. The Kier molecular flexibility index (Phi) is 4.81. The number of anilines is 1. The molecule has 0 saturated carbocycles. The molecular formula is C17H16FNO5. The number of fused-ring (bicyclic) bond motifs is 1. The van der Waals surface area contributed by atoms with E-state index in [2.05, 4.69) is 5.32 Å². The van der Waals surface area contributed by atoms with Gasteiger partial charge >= 0.3 is 0 Å². The van der Waals surface area contributed by atoms with Gasteiger partial charge in [0.2, 0.25) is 0 Å². The van der Waals surface area contributed by atoms with Crippen LogP contribution in [0.1, 0.15) is 0 Å². The molecule has 24 heavy (non-hydrogen) atoms. The molecule has 1 amide bonds. The van der Waals surface area contributed by atoms with Gasteiger partial charge in [-0.15, -0.1) is 0 Å². The predicted molar refractivity (Wildman–Crippen MR) is 84.0 cm³/mol. The van der Waals surface area contributed by atoms with Crippen LogP contribution in [-0.2, 0) is 4.79 Å². The first-order valence-corrected chi connectivity index (χ1v) is 7.37. The molecule has 2 aromatic carbocycles. The van der Waals surface area contributed by atoms with Crippen LogP contribution in [-0.4, -0.2) is 36.9 Å². The van der Waals surface area contributed by atoms with Gasteiger partial charge in [0.15, 0.2) is 6.61 Å². The summed E-state index contributed by atoms with van der Waals surface area (Å²) in [4.78, 5) is 11.4. The molecule has 2 N–H and O–H groups in total. The van der Waals surface area contributed by atoms with Crippen molar-refractivity contribution in [3.05, 3.63) is 48.3 Å². The standard InChI is InChI=1S/C17H16FNO5/c18-11-4-6-13(7-5-11)22-8-12(20)9-23-14-2-1-3-15-17(14)19-16(21)10-24-15/h1-7,12,20H,8-10H2,(H,19,21). The third-order valence-electron chi connectivity index (χ3n) is 3.30. The number of rotatable bonds is 6. The number of halogens is 1. The first-order chi connectivity index (χ1) is 11.6. The lowest BCUT2D eigenvalue weighted by Crippen LogP contribution is -2.27. The number of amides is 1. The van der Waals surface area contributed by atoms with Crippen molar-refractivity contribution in [1.82, 2.24) is 0 Å². The highest BCUT2D eigenvalue weighted by molar-refractivity contribution is 5.97. The summed E-state index contributed by atoms with van der Waals surface area (Å²) in [6.07, 6.45) is -0.897. The van der Waals surface area contributed by atoms with E-state index in [0.717, 1.165) is 0 Å². The van der Waals surface area contributed by atoms with Crippen LogP contribution in [0.15, 0.2) is 42.5 Å². The molecule has 0 aromatic heterocycles. The Labute approximate surface area is 137 Å². The third-order valence-corrected chi connectivity index (χ3v) is 3.30.